The van der Waals surface area contributed by atoms with Crippen LogP contribution in [0.15, 0.2) is 30.3 Å². The Morgan fingerprint density at radius 2 is 1.80 bits per heavy atom. The quantitative estimate of drug-likeness (QED) is 0.724. The molecule has 2 N–H and O–H groups in total. The molecule has 2 heterocycles. The van der Waals surface area contributed by atoms with Gasteiger partial charge in [-0.3, -0.25) is 0 Å². The van der Waals surface area contributed by atoms with Crippen LogP contribution in [0.3, 0.4) is 0 Å². The van der Waals surface area contributed by atoms with Crippen molar-refractivity contribution in [1.82, 2.24) is 10.6 Å². The maximum atomic E-state index is 3.59. The molecule has 2 nitrogen and oxygen atoms in total. The van der Waals surface area contributed by atoms with Gasteiger partial charge in [0, 0.05) is 18.0 Å². The van der Waals surface area contributed by atoms with Crippen LogP contribution in [-0.2, 0) is 0 Å². The Labute approximate surface area is 91.1 Å². The van der Waals surface area contributed by atoms with E-state index < -0.39 is 0 Å². The van der Waals surface area contributed by atoms with E-state index in [4.69, 9.17) is 0 Å². The van der Waals surface area contributed by atoms with E-state index in [9.17, 15) is 0 Å². The molecule has 1 spiro atoms. The highest BCUT2D eigenvalue weighted by Gasteiger charge is 2.47. The third kappa shape index (κ3) is 1.48. The van der Waals surface area contributed by atoms with Crippen LogP contribution in [0.4, 0.5) is 0 Å². The van der Waals surface area contributed by atoms with Crippen molar-refractivity contribution in [2.24, 2.45) is 5.41 Å². The van der Waals surface area contributed by atoms with E-state index in [1.807, 2.05) is 0 Å². The molecular weight excluding hydrogens is 184 g/mol. The smallest absolute Gasteiger partial charge is 0.0390 e. The molecule has 0 aliphatic carbocycles. The van der Waals surface area contributed by atoms with Gasteiger partial charge in [-0.1, -0.05) is 30.3 Å². The van der Waals surface area contributed by atoms with Gasteiger partial charge in [0.1, 0.15) is 0 Å². The van der Waals surface area contributed by atoms with Gasteiger partial charge in [-0.25, -0.2) is 0 Å². The summed E-state index contributed by atoms with van der Waals surface area (Å²) in [4.78, 5) is 0. The second-order valence-electron chi connectivity index (χ2n) is 4.84. The lowest BCUT2D eigenvalue weighted by Crippen LogP contribution is -2.59. The zero-order chi connectivity index (χ0) is 10.1. The largest absolute Gasteiger partial charge is 0.317 e. The number of rotatable bonds is 1. The average Bonchev–Trinajstić information content (AvgIpc) is 2.30. The second-order valence-corrected chi connectivity index (χ2v) is 4.84. The second kappa shape index (κ2) is 3.62. The van der Waals surface area contributed by atoms with Crippen LogP contribution in [0, 0.1) is 5.41 Å². The Kier molecular flexibility index (Phi) is 2.26. The fourth-order valence-corrected chi connectivity index (χ4v) is 3.00. The molecule has 2 heteroatoms. The van der Waals surface area contributed by atoms with Crippen LogP contribution >= 0.6 is 0 Å². The molecule has 15 heavy (non-hydrogen) atoms. The molecule has 1 aromatic rings. The van der Waals surface area contributed by atoms with E-state index in [2.05, 4.69) is 41.0 Å². The first kappa shape index (κ1) is 9.37. The highest BCUT2D eigenvalue weighted by Crippen LogP contribution is 2.47. The highest BCUT2D eigenvalue weighted by atomic mass is 15.1. The molecule has 1 atom stereocenters. The molecule has 0 saturated carbocycles. The van der Waals surface area contributed by atoms with Crippen LogP contribution in [0.1, 0.15) is 24.4 Å². The van der Waals surface area contributed by atoms with Crippen molar-refractivity contribution in [3.8, 4) is 0 Å². The summed E-state index contributed by atoms with van der Waals surface area (Å²) < 4.78 is 0. The lowest BCUT2D eigenvalue weighted by atomic mass is 9.65. The van der Waals surface area contributed by atoms with E-state index in [1.165, 1.54) is 38.0 Å². The van der Waals surface area contributed by atoms with E-state index >= 15 is 0 Å². The van der Waals surface area contributed by atoms with Crippen LogP contribution in [0.2, 0.25) is 0 Å². The van der Waals surface area contributed by atoms with Crippen LogP contribution in [0.25, 0.3) is 0 Å². The lowest BCUT2D eigenvalue weighted by Gasteiger charge is -2.53. The van der Waals surface area contributed by atoms with Crippen molar-refractivity contribution in [3.63, 3.8) is 0 Å². The Balaban J connectivity index is 1.83. The summed E-state index contributed by atoms with van der Waals surface area (Å²) in [5, 5.41) is 7.05. The zero-order valence-electron chi connectivity index (χ0n) is 9.00. The minimum atomic E-state index is 0.548. The van der Waals surface area contributed by atoms with Crippen molar-refractivity contribution >= 4 is 0 Å². The highest BCUT2D eigenvalue weighted by molar-refractivity contribution is 5.25. The number of benzene rings is 1. The van der Waals surface area contributed by atoms with Crippen LogP contribution in [-0.4, -0.2) is 19.6 Å². The number of nitrogens with one attached hydrogen (secondary N) is 2. The summed E-state index contributed by atoms with van der Waals surface area (Å²) in [6.45, 7) is 3.57. The third-order valence-electron chi connectivity index (χ3n) is 4.00. The maximum Gasteiger partial charge on any atom is 0.0390 e. The molecule has 1 aromatic carbocycles. The SMILES string of the molecule is c1ccc(C2NCC23CCNCC3)cc1. The fourth-order valence-electron chi connectivity index (χ4n) is 3.00. The molecule has 0 amide bonds. The van der Waals surface area contributed by atoms with Gasteiger partial charge in [0.05, 0.1) is 0 Å². The fraction of sp³-hybridized carbons (Fsp3) is 0.538. The minimum absolute atomic E-state index is 0.548. The first-order valence-electron chi connectivity index (χ1n) is 5.90. The standard InChI is InChI=1S/C13H18N2/c1-2-4-11(5-3-1)12-13(10-15-12)6-8-14-9-7-13/h1-5,12,14-15H,6-10H2. The summed E-state index contributed by atoms with van der Waals surface area (Å²) in [6.07, 6.45) is 2.64. The van der Waals surface area contributed by atoms with Crippen LogP contribution in [0.5, 0.6) is 0 Å². The molecule has 0 bridgehead atoms. The molecule has 2 fully saturated rings. The molecular formula is C13H18N2. The molecule has 0 aromatic heterocycles. The third-order valence-corrected chi connectivity index (χ3v) is 4.00. The van der Waals surface area contributed by atoms with Gasteiger partial charge in [0.15, 0.2) is 0 Å². The van der Waals surface area contributed by atoms with Crippen molar-refractivity contribution in [2.45, 2.75) is 18.9 Å². The summed E-state index contributed by atoms with van der Waals surface area (Å²) in [5.74, 6) is 0. The Bertz CT molecular complexity index is 328. The van der Waals surface area contributed by atoms with Gasteiger partial charge < -0.3 is 10.6 Å². The van der Waals surface area contributed by atoms with Crippen molar-refractivity contribution in [1.29, 1.82) is 0 Å². The molecule has 1 unspecified atom stereocenters. The van der Waals surface area contributed by atoms with Crippen molar-refractivity contribution < 1.29 is 0 Å². The summed E-state index contributed by atoms with van der Waals surface area (Å²) in [7, 11) is 0. The van der Waals surface area contributed by atoms with E-state index in [1.54, 1.807) is 0 Å². The predicted molar refractivity (Wildman–Crippen MR) is 61.7 cm³/mol. The van der Waals surface area contributed by atoms with Crippen molar-refractivity contribution in [2.75, 3.05) is 19.6 Å². The van der Waals surface area contributed by atoms with E-state index in [-0.39, 0.29) is 0 Å². The normalized spacial score (nSPS) is 28.7. The van der Waals surface area contributed by atoms with Crippen molar-refractivity contribution in [3.05, 3.63) is 35.9 Å². The van der Waals surface area contributed by atoms with Gasteiger partial charge in [0.2, 0.25) is 0 Å². The van der Waals surface area contributed by atoms with Gasteiger partial charge in [0.25, 0.3) is 0 Å². The van der Waals surface area contributed by atoms with Gasteiger partial charge in [-0.05, 0) is 31.5 Å². The maximum absolute atomic E-state index is 3.59. The number of piperidine rings is 1. The summed E-state index contributed by atoms with van der Waals surface area (Å²) in [5.41, 5.74) is 2.01. The Morgan fingerprint density at radius 1 is 1.07 bits per heavy atom. The summed E-state index contributed by atoms with van der Waals surface area (Å²) >= 11 is 0. The predicted octanol–water partition coefficient (Wildman–Crippen LogP) is 1.70. The van der Waals surface area contributed by atoms with Crippen LogP contribution < -0.4 is 10.6 Å². The van der Waals surface area contributed by atoms with Gasteiger partial charge in [-0.2, -0.15) is 0 Å². The first-order chi connectivity index (χ1) is 7.41. The average molecular weight is 202 g/mol. The first-order valence-corrected chi connectivity index (χ1v) is 5.90. The van der Waals surface area contributed by atoms with E-state index in [0.717, 1.165) is 0 Å². The lowest BCUT2D eigenvalue weighted by molar-refractivity contribution is 0.0436. The van der Waals surface area contributed by atoms with Gasteiger partial charge in [-0.15, -0.1) is 0 Å². The topological polar surface area (TPSA) is 24.1 Å². The number of hydrogen-bond donors (Lipinski definition) is 2. The Hall–Kier alpha value is -0.860. The molecule has 2 aliphatic heterocycles. The van der Waals surface area contributed by atoms with E-state index in [0.29, 0.717) is 11.5 Å². The minimum Gasteiger partial charge on any atom is -0.317 e. The molecule has 80 valence electrons. The van der Waals surface area contributed by atoms with Gasteiger partial charge >= 0.3 is 0 Å². The molecule has 2 saturated heterocycles. The monoisotopic (exact) mass is 202 g/mol. The molecule has 2 aliphatic rings. The molecule has 0 radical (unpaired) electrons. The molecule has 3 rings (SSSR count). The Morgan fingerprint density at radius 3 is 2.40 bits per heavy atom. The number of hydrogen-bond acceptors (Lipinski definition) is 2. The zero-order valence-corrected chi connectivity index (χ0v) is 9.00. The summed E-state index contributed by atoms with van der Waals surface area (Å²) in [6, 6.07) is 11.5.